The van der Waals surface area contributed by atoms with Gasteiger partial charge in [-0.25, -0.2) is 4.98 Å². The van der Waals surface area contributed by atoms with E-state index in [4.69, 9.17) is 0 Å². The maximum atomic E-state index is 4.56. The lowest BCUT2D eigenvalue weighted by atomic mass is 9.90. The Morgan fingerprint density at radius 1 is 0.708 bits per heavy atom. The minimum absolute atomic E-state index is 0.0484. The van der Waals surface area contributed by atoms with E-state index in [1.807, 2.05) is 12.4 Å². The van der Waals surface area contributed by atoms with Crippen molar-refractivity contribution in [1.82, 2.24) is 19.9 Å². The van der Waals surface area contributed by atoms with E-state index in [9.17, 15) is 0 Å². The summed E-state index contributed by atoms with van der Waals surface area (Å²) in [7, 11) is 0. The molecule has 0 atom stereocenters. The van der Waals surface area contributed by atoms with Gasteiger partial charge in [0.1, 0.15) is 5.82 Å². The van der Waals surface area contributed by atoms with Gasteiger partial charge in [0.25, 0.3) is 0 Å². The number of imidazole rings is 1. The van der Waals surface area contributed by atoms with E-state index in [1.54, 1.807) is 0 Å². The Hall–Kier alpha value is -3.27. The largest absolute Gasteiger partial charge is 0.361 e. The van der Waals surface area contributed by atoms with Crippen molar-refractivity contribution >= 4 is 21.8 Å². The SMILES string of the molecule is c1ccc2c(C(c3ncc[nH]3)c3c[nH]c4ccccc34)c[nH]c2c1. The van der Waals surface area contributed by atoms with Gasteiger partial charge in [-0.1, -0.05) is 36.4 Å². The fourth-order valence-electron chi connectivity index (χ4n) is 3.56. The molecule has 0 radical (unpaired) electrons. The third-order valence-corrected chi connectivity index (χ3v) is 4.66. The van der Waals surface area contributed by atoms with Gasteiger partial charge in [-0.2, -0.15) is 0 Å². The van der Waals surface area contributed by atoms with Crippen molar-refractivity contribution < 1.29 is 0 Å². The normalized spacial score (nSPS) is 11.7. The number of benzene rings is 2. The second-order valence-corrected chi connectivity index (χ2v) is 5.99. The maximum Gasteiger partial charge on any atom is 0.118 e. The van der Waals surface area contributed by atoms with Gasteiger partial charge >= 0.3 is 0 Å². The summed E-state index contributed by atoms with van der Waals surface area (Å²) >= 11 is 0. The summed E-state index contributed by atoms with van der Waals surface area (Å²) in [6.45, 7) is 0. The lowest BCUT2D eigenvalue weighted by Crippen LogP contribution is -2.04. The molecule has 4 nitrogen and oxygen atoms in total. The van der Waals surface area contributed by atoms with Gasteiger partial charge in [0.05, 0.1) is 5.92 Å². The van der Waals surface area contributed by atoms with Crippen LogP contribution in [0.3, 0.4) is 0 Å². The fraction of sp³-hybridized carbons (Fsp3) is 0.0500. The summed E-state index contributed by atoms with van der Waals surface area (Å²) in [5.74, 6) is 0.997. The second-order valence-electron chi connectivity index (χ2n) is 5.99. The number of rotatable bonds is 3. The monoisotopic (exact) mass is 312 g/mol. The van der Waals surface area contributed by atoms with Crippen LogP contribution >= 0.6 is 0 Å². The molecule has 0 aliphatic rings. The average molecular weight is 312 g/mol. The number of aromatic nitrogens is 4. The quantitative estimate of drug-likeness (QED) is 0.449. The molecule has 0 spiro atoms. The van der Waals surface area contributed by atoms with E-state index in [0.717, 1.165) is 16.9 Å². The molecule has 3 N–H and O–H groups in total. The smallest absolute Gasteiger partial charge is 0.118 e. The Balaban J connectivity index is 1.80. The lowest BCUT2D eigenvalue weighted by molar-refractivity contribution is 0.898. The minimum atomic E-state index is 0.0484. The second kappa shape index (κ2) is 5.13. The lowest BCUT2D eigenvalue weighted by Gasteiger charge is -2.14. The van der Waals surface area contributed by atoms with Crippen molar-refractivity contribution in [2.24, 2.45) is 0 Å². The van der Waals surface area contributed by atoms with Gasteiger partial charge < -0.3 is 15.0 Å². The zero-order valence-electron chi connectivity index (χ0n) is 13.0. The van der Waals surface area contributed by atoms with Crippen molar-refractivity contribution in [3.63, 3.8) is 0 Å². The molecule has 0 saturated heterocycles. The minimum Gasteiger partial charge on any atom is -0.361 e. The molecule has 0 bridgehead atoms. The summed E-state index contributed by atoms with van der Waals surface area (Å²) in [6.07, 6.45) is 7.89. The Labute approximate surface area is 138 Å². The van der Waals surface area contributed by atoms with Crippen molar-refractivity contribution in [1.29, 1.82) is 0 Å². The Morgan fingerprint density at radius 2 is 1.29 bits per heavy atom. The highest BCUT2D eigenvalue weighted by Crippen LogP contribution is 2.37. The molecule has 24 heavy (non-hydrogen) atoms. The van der Waals surface area contributed by atoms with Crippen molar-refractivity contribution in [2.75, 3.05) is 0 Å². The first kappa shape index (κ1) is 13.2. The van der Waals surface area contributed by atoms with Crippen LogP contribution in [0, 0.1) is 0 Å². The van der Waals surface area contributed by atoms with Gasteiger partial charge in [0, 0.05) is 46.6 Å². The molecule has 2 aromatic carbocycles. The van der Waals surface area contributed by atoms with E-state index in [1.165, 1.54) is 21.9 Å². The topological polar surface area (TPSA) is 60.3 Å². The van der Waals surface area contributed by atoms with Crippen LogP contribution in [0.4, 0.5) is 0 Å². The van der Waals surface area contributed by atoms with Gasteiger partial charge in [0.15, 0.2) is 0 Å². The fourth-order valence-corrected chi connectivity index (χ4v) is 3.56. The summed E-state index contributed by atoms with van der Waals surface area (Å²) in [6, 6.07) is 16.8. The zero-order chi connectivity index (χ0) is 15.9. The third kappa shape index (κ3) is 1.90. The van der Waals surface area contributed by atoms with Crippen LogP contribution in [0.25, 0.3) is 21.8 Å². The van der Waals surface area contributed by atoms with Crippen molar-refractivity contribution in [3.8, 4) is 0 Å². The van der Waals surface area contributed by atoms with Gasteiger partial charge in [-0.15, -0.1) is 0 Å². The molecule has 0 aliphatic carbocycles. The predicted octanol–water partition coefficient (Wildman–Crippen LogP) is 4.55. The standard InChI is InChI=1S/C20H16N4/c1-3-7-17-13(5-1)15(11-23-17)19(20-21-9-10-22-20)16-12-24-18-8-4-2-6-14(16)18/h1-12,19,23-24H,(H,21,22). The first-order valence-electron chi connectivity index (χ1n) is 8.03. The third-order valence-electron chi connectivity index (χ3n) is 4.66. The average Bonchev–Trinajstić information content (AvgIpc) is 3.36. The van der Waals surface area contributed by atoms with Crippen LogP contribution in [0.5, 0.6) is 0 Å². The van der Waals surface area contributed by atoms with E-state index >= 15 is 0 Å². The van der Waals surface area contributed by atoms with E-state index < -0.39 is 0 Å². The highest BCUT2D eigenvalue weighted by atomic mass is 14.9. The van der Waals surface area contributed by atoms with Gasteiger partial charge in [-0.05, 0) is 23.3 Å². The number of hydrogen-bond donors (Lipinski definition) is 3. The van der Waals surface area contributed by atoms with Gasteiger partial charge in [0.2, 0.25) is 0 Å². The number of hydrogen-bond acceptors (Lipinski definition) is 1. The van der Waals surface area contributed by atoms with Crippen LogP contribution < -0.4 is 0 Å². The highest BCUT2D eigenvalue weighted by molar-refractivity contribution is 5.88. The predicted molar refractivity (Wildman–Crippen MR) is 96.1 cm³/mol. The molecular formula is C20H16N4. The van der Waals surface area contributed by atoms with Crippen LogP contribution in [-0.4, -0.2) is 19.9 Å². The Bertz CT molecular complexity index is 1040. The van der Waals surface area contributed by atoms with E-state index in [0.29, 0.717) is 0 Å². The first-order chi connectivity index (χ1) is 11.9. The number of fused-ring (bicyclic) bond motifs is 2. The van der Waals surface area contributed by atoms with Crippen LogP contribution in [0.1, 0.15) is 22.9 Å². The molecule has 3 heterocycles. The maximum absolute atomic E-state index is 4.56. The number of H-pyrrole nitrogens is 3. The molecule has 0 unspecified atom stereocenters. The number of aromatic amines is 3. The number of para-hydroxylation sites is 2. The molecule has 0 fully saturated rings. The molecular weight excluding hydrogens is 296 g/mol. The molecule has 0 saturated carbocycles. The Morgan fingerprint density at radius 3 is 1.83 bits per heavy atom. The first-order valence-corrected chi connectivity index (χ1v) is 8.03. The number of nitrogens with one attached hydrogen (secondary N) is 3. The Kier molecular flexibility index (Phi) is 2.82. The summed E-state index contributed by atoms with van der Waals surface area (Å²) in [4.78, 5) is 14.6. The molecule has 0 amide bonds. The zero-order valence-corrected chi connectivity index (χ0v) is 13.0. The van der Waals surface area contributed by atoms with E-state index in [-0.39, 0.29) is 5.92 Å². The molecule has 0 aliphatic heterocycles. The van der Waals surface area contributed by atoms with Crippen LogP contribution in [0.15, 0.2) is 73.3 Å². The van der Waals surface area contributed by atoms with Crippen molar-refractivity contribution in [2.45, 2.75) is 5.92 Å². The van der Waals surface area contributed by atoms with Crippen molar-refractivity contribution in [3.05, 3.63) is 90.3 Å². The number of nitrogens with zero attached hydrogens (tertiary/aromatic N) is 1. The summed E-state index contributed by atoms with van der Waals surface area (Å²) in [5, 5.41) is 2.45. The highest BCUT2D eigenvalue weighted by Gasteiger charge is 2.24. The van der Waals surface area contributed by atoms with Gasteiger partial charge in [-0.3, -0.25) is 0 Å². The molecule has 4 heteroatoms. The van der Waals surface area contributed by atoms with Crippen LogP contribution in [0.2, 0.25) is 0 Å². The van der Waals surface area contributed by atoms with Crippen LogP contribution in [-0.2, 0) is 0 Å². The summed E-state index contributed by atoms with van der Waals surface area (Å²) < 4.78 is 0. The molecule has 5 aromatic rings. The molecule has 3 aromatic heterocycles. The molecule has 116 valence electrons. The summed E-state index contributed by atoms with van der Waals surface area (Å²) in [5.41, 5.74) is 4.74. The van der Waals surface area contributed by atoms with E-state index in [2.05, 4.69) is 80.9 Å². The molecule has 5 rings (SSSR count).